The van der Waals surface area contributed by atoms with Crippen LogP contribution in [0.25, 0.3) is 10.8 Å². The fraction of sp³-hybridized carbons (Fsp3) is 0.571. The van der Waals surface area contributed by atoms with Crippen molar-refractivity contribution in [1.29, 1.82) is 0 Å². The Hall–Kier alpha value is -0.640. The Kier molecular flexibility index (Phi) is 11.3. The Morgan fingerprint density at radius 2 is 1.26 bits per heavy atom. The van der Waals surface area contributed by atoms with E-state index in [-0.39, 0.29) is 24.0 Å². The highest BCUT2D eigenvalue weighted by molar-refractivity contribution is 5.80. The quantitative estimate of drug-likeness (QED) is 0.296. The van der Waals surface area contributed by atoms with Crippen LogP contribution in [0, 0.1) is 0 Å². The summed E-state index contributed by atoms with van der Waals surface area (Å²) in [5, 5.41) is 2.68. The molecule has 0 amide bonds. The van der Waals surface area contributed by atoms with E-state index in [4.69, 9.17) is 0 Å². The molecular formula is C21H32IN. The third-order valence-corrected chi connectivity index (χ3v) is 4.52. The molecular weight excluding hydrogens is 393 g/mol. The molecule has 0 N–H and O–H groups in total. The average molecular weight is 425 g/mol. The number of aryl methyl sites for hydroxylation is 1. The first-order chi connectivity index (χ1) is 10.9. The van der Waals surface area contributed by atoms with Crippen molar-refractivity contribution >= 4 is 10.8 Å². The van der Waals surface area contributed by atoms with Crippen LogP contribution in [-0.2, 0) is 6.54 Å². The number of fused-ring (bicyclic) bond motifs is 1. The molecule has 1 aromatic heterocycles. The molecule has 2 rings (SSSR count). The van der Waals surface area contributed by atoms with Gasteiger partial charge in [0.1, 0.15) is 6.54 Å². The van der Waals surface area contributed by atoms with Gasteiger partial charge in [0.05, 0.1) is 0 Å². The number of nitrogens with zero attached hydrogens (tertiary/aromatic N) is 1. The van der Waals surface area contributed by atoms with Gasteiger partial charge in [-0.25, -0.2) is 4.57 Å². The van der Waals surface area contributed by atoms with Crippen molar-refractivity contribution in [3.05, 3.63) is 42.7 Å². The first kappa shape index (κ1) is 20.4. The largest absolute Gasteiger partial charge is 1.00 e. The van der Waals surface area contributed by atoms with E-state index in [2.05, 4.69) is 54.2 Å². The van der Waals surface area contributed by atoms with Crippen LogP contribution in [0.2, 0.25) is 0 Å². The third kappa shape index (κ3) is 8.14. The topological polar surface area (TPSA) is 3.88 Å². The molecule has 2 heteroatoms. The highest BCUT2D eigenvalue weighted by Gasteiger charge is 2.02. The Balaban J connectivity index is 0.00000264. The summed E-state index contributed by atoms with van der Waals surface area (Å²) in [6.07, 6.45) is 18.5. The summed E-state index contributed by atoms with van der Waals surface area (Å²) in [7, 11) is 0. The standard InChI is InChI=1S/C21H32N.HI/c1-2-3-4-5-6-7-8-9-10-13-17-22-18-16-20-14-11-12-15-21(20)19-22;/h11-12,14-16,18-19H,2-10,13,17H2,1H3;1H/q+1;/p-1. The summed E-state index contributed by atoms with van der Waals surface area (Å²) in [6, 6.07) is 10.8. The van der Waals surface area contributed by atoms with E-state index in [1.165, 1.54) is 75.0 Å². The smallest absolute Gasteiger partial charge is 0.176 e. The van der Waals surface area contributed by atoms with Crippen molar-refractivity contribution < 1.29 is 28.5 Å². The van der Waals surface area contributed by atoms with Gasteiger partial charge < -0.3 is 24.0 Å². The molecule has 0 aliphatic heterocycles. The molecule has 0 unspecified atom stereocenters. The summed E-state index contributed by atoms with van der Waals surface area (Å²) in [5.41, 5.74) is 0. The van der Waals surface area contributed by atoms with E-state index in [0.29, 0.717) is 0 Å². The van der Waals surface area contributed by atoms with E-state index in [0.717, 1.165) is 6.54 Å². The Bertz CT molecular complexity index is 538. The molecule has 0 saturated heterocycles. The van der Waals surface area contributed by atoms with Crippen LogP contribution in [0.1, 0.15) is 71.1 Å². The van der Waals surface area contributed by atoms with Gasteiger partial charge in [-0.2, -0.15) is 0 Å². The van der Waals surface area contributed by atoms with E-state index in [1.807, 2.05) is 0 Å². The second-order valence-electron chi connectivity index (χ2n) is 6.49. The van der Waals surface area contributed by atoms with Crippen molar-refractivity contribution in [2.24, 2.45) is 0 Å². The van der Waals surface area contributed by atoms with Crippen molar-refractivity contribution in [3.8, 4) is 0 Å². The number of halogens is 1. The minimum atomic E-state index is 0. The molecule has 0 spiro atoms. The number of benzene rings is 1. The van der Waals surface area contributed by atoms with E-state index in [1.54, 1.807) is 0 Å². The molecule has 1 nitrogen and oxygen atoms in total. The highest BCUT2D eigenvalue weighted by Crippen LogP contribution is 2.11. The maximum atomic E-state index is 2.34. The van der Waals surface area contributed by atoms with Crippen molar-refractivity contribution in [2.45, 2.75) is 77.7 Å². The SMILES string of the molecule is CCCCCCCCCCCC[n+]1ccc2ccccc2c1.[I-]. The van der Waals surface area contributed by atoms with E-state index >= 15 is 0 Å². The van der Waals surface area contributed by atoms with Gasteiger partial charge in [-0.15, -0.1) is 0 Å². The fourth-order valence-corrected chi connectivity index (χ4v) is 3.10. The van der Waals surface area contributed by atoms with E-state index < -0.39 is 0 Å². The fourth-order valence-electron chi connectivity index (χ4n) is 3.10. The lowest BCUT2D eigenvalue weighted by molar-refractivity contribution is -0.696. The van der Waals surface area contributed by atoms with Crippen LogP contribution < -0.4 is 28.5 Å². The monoisotopic (exact) mass is 425 g/mol. The molecule has 2 aromatic rings. The second kappa shape index (κ2) is 12.7. The van der Waals surface area contributed by atoms with Crippen molar-refractivity contribution in [3.63, 3.8) is 0 Å². The Labute approximate surface area is 159 Å². The van der Waals surface area contributed by atoms with Crippen LogP contribution in [0.4, 0.5) is 0 Å². The van der Waals surface area contributed by atoms with Crippen molar-refractivity contribution in [2.75, 3.05) is 0 Å². The zero-order chi connectivity index (χ0) is 15.5. The maximum Gasteiger partial charge on any atom is 0.176 e. The molecule has 1 aromatic carbocycles. The summed E-state index contributed by atoms with van der Waals surface area (Å²) in [5.74, 6) is 0. The summed E-state index contributed by atoms with van der Waals surface area (Å²) < 4.78 is 2.34. The molecule has 0 bridgehead atoms. The molecule has 0 atom stereocenters. The molecule has 0 radical (unpaired) electrons. The summed E-state index contributed by atoms with van der Waals surface area (Å²) in [4.78, 5) is 0. The van der Waals surface area contributed by atoms with Gasteiger partial charge in [-0.3, -0.25) is 0 Å². The van der Waals surface area contributed by atoms with Crippen LogP contribution in [0.5, 0.6) is 0 Å². The first-order valence-electron chi connectivity index (χ1n) is 9.28. The second-order valence-corrected chi connectivity index (χ2v) is 6.49. The van der Waals surface area contributed by atoms with Gasteiger partial charge >= 0.3 is 0 Å². The molecule has 0 aliphatic carbocycles. The van der Waals surface area contributed by atoms with Crippen molar-refractivity contribution in [1.82, 2.24) is 0 Å². The van der Waals surface area contributed by atoms with Gasteiger partial charge in [-0.1, -0.05) is 76.5 Å². The normalized spacial score (nSPS) is 10.7. The lowest BCUT2D eigenvalue weighted by Crippen LogP contribution is -3.00. The summed E-state index contributed by atoms with van der Waals surface area (Å²) >= 11 is 0. The zero-order valence-corrected chi connectivity index (χ0v) is 16.8. The van der Waals surface area contributed by atoms with Crippen LogP contribution in [-0.4, -0.2) is 0 Å². The third-order valence-electron chi connectivity index (χ3n) is 4.52. The molecule has 0 fully saturated rings. The Morgan fingerprint density at radius 1 is 0.696 bits per heavy atom. The predicted molar refractivity (Wildman–Crippen MR) is 96.0 cm³/mol. The van der Waals surface area contributed by atoms with Gasteiger partial charge in [0.15, 0.2) is 12.4 Å². The number of pyridine rings is 1. The lowest BCUT2D eigenvalue weighted by Gasteiger charge is -2.02. The number of aromatic nitrogens is 1. The number of rotatable bonds is 11. The lowest BCUT2D eigenvalue weighted by atomic mass is 10.1. The number of hydrogen-bond acceptors (Lipinski definition) is 0. The van der Waals surface area contributed by atoms with Gasteiger partial charge in [-0.05, 0) is 17.9 Å². The minimum absolute atomic E-state index is 0. The predicted octanol–water partition coefficient (Wildman–Crippen LogP) is 3.05. The molecule has 23 heavy (non-hydrogen) atoms. The van der Waals surface area contributed by atoms with E-state index in [9.17, 15) is 0 Å². The Morgan fingerprint density at radius 3 is 1.91 bits per heavy atom. The molecule has 1 heterocycles. The number of unbranched alkanes of at least 4 members (excludes halogenated alkanes) is 9. The number of hydrogen-bond donors (Lipinski definition) is 0. The van der Waals surface area contributed by atoms with Gasteiger partial charge in [0.25, 0.3) is 0 Å². The maximum absolute atomic E-state index is 2.34. The zero-order valence-electron chi connectivity index (χ0n) is 14.6. The summed E-state index contributed by atoms with van der Waals surface area (Å²) in [6.45, 7) is 3.44. The molecule has 0 aliphatic rings. The van der Waals surface area contributed by atoms with Crippen LogP contribution in [0.15, 0.2) is 42.7 Å². The average Bonchev–Trinajstić information content (AvgIpc) is 2.56. The molecule has 128 valence electrons. The van der Waals surface area contributed by atoms with Gasteiger partial charge in [0.2, 0.25) is 0 Å². The molecule has 0 saturated carbocycles. The first-order valence-corrected chi connectivity index (χ1v) is 9.28. The minimum Gasteiger partial charge on any atom is -1.00 e. The van der Waals surface area contributed by atoms with Crippen LogP contribution in [0.3, 0.4) is 0 Å². The highest BCUT2D eigenvalue weighted by atomic mass is 127. The van der Waals surface area contributed by atoms with Crippen LogP contribution >= 0.6 is 0 Å². The van der Waals surface area contributed by atoms with Gasteiger partial charge in [0, 0.05) is 17.9 Å².